The average molecular weight is 308 g/mol. The van der Waals surface area contributed by atoms with E-state index in [1.165, 1.54) is 23.2 Å². The molecule has 0 bridgehead atoms. The second kappa shape index (κ2) is 4.96. The van der Waals surface area contributed by atoms with E-state index in [-0.39, 0.29) is 5.56 Å². The number of benzene rings is 2. The predicted octanol–water partition coefficient (Wildman–Crippen LogP) is 3.34. The van der Waals surface area contributed by atoms with Crippen molar-refractivity contribution in [2.45, 2.75) is 0 Å². The van der Waals surface area contributed by atoms with E-state index in [1.54, 1.807) is 0 Å². The van der Waals surface area contributed by atoms with Gasteiger partial charge in [0.05, 0.1) is 11.0 Å². The topological polar surface area (TPSA) is 44.1 Å². The Hall–Kier alpha value is -2.66. The minimum atomic E-state index is -0.170. The van der Waals surface area contributed by atoms with Gasteiger partial charge in [0.15, 0.2) is 0 Å². The van der Waals surface area contributed by atoms with E-state index in [4.69, 9.17) is 9.82 Å². The summed E-state index contributed by atoms with van der Waals surface area (Å²) in [6.07, 6.45) is 0. The third-order valence-electron chi connectivity index (χ3n) is 3.59. The first-order chi connectivity index (χ1) is 10.8. The molecule has 0 aliphatic rings. The minimum absolute atomic E-state index is 0.170. The fraction of sp³-hybridized carbons (Fsp3) is 0.0588. The maximum atomic E-state index is 12.6. The van der Waals surface area contributed by atoms with Crippen LogP contribution in [0.3, 0.4) is 0 Å². The average Bonchev–Trinajstić information content (AvgIpc) is 3.02. The van der Waals surface area contributed by atoms with Gasteiger partial charge in [-0.05, 0) is 6.07 Å². The van der Waals surface area contributed by atoms with Gasteiger partial charge in [0.25, 0.3) is 0 Å². The number of pyridine rings is 1. The van der Waals surface area contributed by atoms with E-state index in [1.807, 2.05) is 54.6 Å². The van der Waals surface area contributed by atoms with Crippen molar-refractivity contribution in [1.82, 2.24) is 9.71 Å². The van der Waals surface area contributed by atoms with Crippen LogP contribution < -0.4 is 10.4 Å². The first-order valence-corrected chi connectivity index (χ1v) is 7.65. The van der Waals surface area contributed by atoms with Crippen LogP contribution in [0, 0.1) is 0 Å². The summed E-state index contributed by atoms with van der Waals surface area (Å²) in [4.78, 5) is 22.6. The first-order valence-electron chi connectivity index (χ1n) is 6.84. The van der Waals surface area contributed by atoms with Gasteiger partial charge in [0, 0.05) is 10.9 Å². The zero-order chi connectivity index (χ0) is 15.1. The summed E-state index contributed by atoms with van der Waals surface area (Å²) in [6.45, 7) is 0. The summed E-state index contributed by atoms with van der Waals surface area (Å²) in [5, 5.41) is 1.75. The molecule has 22 heavy (non-hydrogen) atoms. The zero-order valence-corrected chi connectivity index (χ0v) is 12.6. The van der Waals surface area contributed by atoms with Gasteiger partial charge in [-0.15, -0.1) is 16.1 Å². The highest BCUT2D eigenvalue weighted by Gasteiger charge is 2.16. The molecule has 0 fully saturated rings. The molecule has 0 unspecified atom stereocenters. The van der Waals surface area contributed by atoms with Crippen LogP contribution in [-0.4, -0.2) is 16.8 Å². The molecule has 2 heterocycles. The lowest BCUT2D eigenvalue weighted by Crippen LogP contribution is -2.24. The maximum absolute atomic E-state index is 12.6. The van der Waals surface area contributed by atoms with E-state index in [0.717, 1.165) is 27.0 Å². The molecule has 0 saturated carbocycles. The molecule has 0 atom stereocenters. The molecule has 0 aliphatic heterocycles. The van der Waals surface area contributed by atoms with Gasteiger partial charge in [-0.3, -0.25) is 4.79 Å². The fourth-order valence-corrected chi connectivity index (χ4v) is 3.59. The third-order valence-corrected chi connectivity index (χ3v) is 4.68. The van der Waals surface area contributed by atoms with Crippen LogP contribution in [0.15, 0.2) is 59.4 Å². The zero-order valence-electron chi connectivity index (χ0n) is 11.8. The van der Waals surface area contributed by atoms with Crippen LogP contribution in [0.1, 0.15) is 0 Å². The van der Waals surface area contributed by atoms with Crippen molar-refractivity contribution in [3.8, 4) is 10.6 Å². The summed E-state index contributed by atoms with van der Waals surface area (Å²) in [5.41, 5.74) is 2.30. The number of rotatable bonds is 2. The third kappa shape index (κ3) is 1.83. The molecule has 0 aliphatic carbocycles. The van der Waals surface area contributed by atoms with Crippen molar-refractivity contribution in [2.24, 2.45) is 0 Å². The standard InChI is InChI=1S/C17H12N2O2S/c1-21-19-13-10-6-5-9-12(13)14-15(17(19)20)22-16(18-14)11-7-3-2-4-8-11/h2-10H,1H3. The van der Waals surface area contributed by atoms with E-state index >= 15 is 0 Å². The van der Waals surface area contributed by atoms with Crippen molar-refractivity contribution in [3.05, 3.63) is 65.0 Å². The molecule has 0 N–H and O–H groups in total. The van der Waals surface area contributed by atoms with Crippen molar-refractivity contribution in [1.29, 1.82) is 0 Å². The highest BCUT2D eigenvalue weighted by Crippen LogP contribution is 2.31. The molecular weight excluding hydrogens is 296 g/mol. The number of thiazole rings is 1. The summed E-state index contributed by atoms with van der Waals surface area (Å²) < 4.78 is 1.93. The van der Waals surface area contributed by atoms with Crippen LogP contribution in [0.4, 0.5) is 0 Å². The number of hydrogen-bond acceptors (Lipinski definition) is 4. The van der Waals surface area contributed by atoms with Crippen molar-refractivity contribution in [2.75, 3.05) is 7.11 Å². The highest BCUT2D eigenvalue weighted by molar-refractivity contribution is 7.21. The predicted molar refractivity (Wildman–Crippen MR) is 89.3 cm³/mol. The van der Waals surface area contributed by atoms with Gasteiger partial charge in [0.1, 0.15) is 16.8 Å². The number of fused-ring (bicyclic) bond motifs is 3. The lowest BCUT2D eigenvalue weighted by Gasteiger charge is -2.07. The van der Waals surface area contributed by atoms with Gasteiger partial charge in [-0.1, -0.05) is 48.5 Å². The Bertz CT molecular complexity index is 1040. The SMILES string of the molecule is COn1c(=O)c2sc(-c3ccccc3)nc2c2ccccc21. The molecule has 2 aromatic carbocycles. The van der Waals surface area contributed by atoms with Gasteiger partial charge in [0.2, 0.25) is 0 Å². The second-order valence-corrected chi connectivity index (χ2v) is 5.86. The Balaban J connectivity index is 2.14. The van der Waals surface area contributed by atoms with Crippen LogP contribution >= 0.6 is 11.3 Å². The van der Waals surface area contributed by atoms with Crippen LogP contribution in [0.25, 0.3) is 31.7 Å². The minimum Gasteiger partial charge on any atom is -0.413 e. The molecule has 4 aromatic rings. The van der Waals surface area contributed by atoms with Crippen molar-refractivity contribution < 1.29 is 4.84 Å². The normalized spacial score (nSPS) is 11.1. The Kier molecular flexibility index (Phi) is 2.94. The molecule has 0 amide bonds. The number of para-hydroxylation sites is 1. The Morgan fingerprint density at radius 3 is 2.55 bits per heavy atom. The van der Waals surface area contributed by atoms with Crippen molar-refractivity contribution >= 4 is 32.5 Å². The van der Waals surface area contributed by atoms with Crippen LogP contribution in [-0.2, 0) is 0 Å². The highest BCUT2D eigenvalue weighted by atomic mass is 32.1. The van der Waals surface area contributed by atoms with Gasteiger partial charge < -0.3 is 4.84 Å². The Morgan fingerprint density at radius 1 is 1.05 bits per heavy atom. The Morgan fingerprint density at radius 2 is 1.77 bits per heavy atom. The number of hydrogen-bond donors (Lipinski definition) is 0. The lowest BCUT2D eigenvalue weighted by atomic mass is 10.2. The molecular formula is C17H12N2O2S. The van der Waals surface area contributed by atoms with E-state index in [9.17, 15) is 4.79 Å². The molecule has 0 spiro atoms. The second-order valence-electron chi connectivity index (χ2n) is 4.86. The number of nitrogens with zero attached hydrogens (tertiary/aromatic N) is 2. The van der Waals surface area contributed by atoms with Crippen LogP contribution in [0.2, 0.25) is 0 Å². The molecule has 4 rings (SSSR count). The largest absolute Gasteiger partial charge is 0.413 e. The smallest absolute Gasteiger partial charge is 0.303 e. The summed E-state index contributed by atoms with van der Waals surface area (Å²) in [6, 6.07) is 17.5. The number of aromatic nitrogens is 2. The Labute approximate surface area is 130 Å². The fourth-order valence-electron chi connectivity index (χ4n) is 2.59. The summed E-state index contributed by atoms with van der Waals surface area (Å²) in [5.74, 6) is 0. The van der Waals surface area contributed by atoms with Crippen molar-refractivity contribution in [3.63, 3.8) is 0 Å². The molecule has 5 heteroatoms. The first kappa shape index (κ1) is 13.0. The molecule has 2 aromatic heterocycles. The quantitative estimate of drug-likeness (QED) is 0.570. The van der Waals surface area contributed by atoms with E-state index in [2.05, 4.69) is 0 Å². The monoisotopic (exact) mass is 308 g/mol. The van der Waals surface area contributed by atoms with Gasteiger partial charge in [-0.2, -0.15) is 0 Å². The molecule has 0 saturated heterocycles. The lowest BCUT2D eigenvalue weighted by molar-refractivity contribution is 0.171. The van der Waals surface area contributed by atoms with E-state index in [0.29, 0.717) is 4.70 Å². The van der Waals surface area contributed by atoms with Gasteiger partial charge >= 0.3 is 5.56 Å². The maximum Gasteiger partial charge on any atom is 0.303 e. The summed E-state index contributed by atoms with van der Waals surface area (Å²) >= 11 is 1.40. The van der Waals surface area contributed by atoms with Gasteiger partial charge in [-0.25, -0.2) is 4.98 Å². The molecule has 4 nitrogen and oxygen atoms in total. The summed E-state index contributed by atoms with van der Waals surface area (Å²) in [7, 11) is 1.50. The molecule has 0 radical (unpaired) electrons. The van der Waals surface area contributed by atoms with E-state index < -0.39 is 0 Å². The molecule has 108 valence electrons. The van der Waals surface area contributed by atoms with Crippen LogP contribution in [0.5, 0.6) is 0 Å².